The Hall–Kier alpha value is -1.78. The third-order valence-corrected chi connectivity index (χ3v) is 5.54. The van der Waals surface area contributed by atoms with Crippen LogP contribution < -0.4 is 4.72 Å². The number of hydrogen-bond donors (Lipinski definition) is 2. The predicted octanol–water partition coefficient (Wildman–Crippen LogP) is 0.362. The van der Waals surface area contributed by atoms with Crippen molar-refractivity contribution < 1.29 is 18.3 Å². The van der Waals surface area contributed by atoms with Crippen LogP contribution in [0.2, 0.25) is 0 Å². The summed E-state index contributed by atoms with van der Waals surface area (Å²) in [4.78, 5) is 14.4. The SMILES string of the molecule is Cc1c(CNS(=O)(=O)c2scnc2C(=O)O)cnn1C. The van der Waals surface area contributed by atoms with Gasteiger partial charge in [0, 0.05) is 24.8 Å². The van der Waals surface area contributed by atoms with Crippen molar-refractivity contribution in [3.05, 3.63) is 28.7 Å². The fourth-order valence-electron chi connectivity index (χ4n) is 1.52. The highest BCUT2D eigenvalue weighted by Crippen LogP contribution is 2.20. The second-order valence-electron chi connectivity index (χ2n) is 4.00. The number of hydrogen-bond acceptors (Lipinski definition) is 6. The topological polar surface area (TPSA) is 114 Å². The standard InChI is InChI=1S/C10H12N4O4S2/c1-6-7(3-12-14(6)2)4-13-20(17,18)10-8(9(15)16)11-5-19-10/h3,5,13H,4H2,1-2H3,(H,15,16). The minimum absolute atomic E-state index is 0.0406. The van der Waals surface area contributed by atoms with E-state index in [0.29, 0.717) is 0 Å². The summed E-state index contributed by atoms with van der Waals surface area (Å²) in [6.45, 7) is 1.85. The number of carboxylic acids is 1. The van der Waals surface area contributed by atoms with Crippen LogP contribution in [0.1, 0.15) is 21.7 Å². The van der Waals surface area contributed by atoms with Gasteiger partial charge in [0.15, 0.2) is 9.90 Å². The number of rotatable bonds is 5. The van der Waals surface area contributed by atoms with Crippen LogP contribution >= 0.6 is 11.3 Å². The van der Waals surface area contributed by atoms with Crippen molar-refractivity contribution in [3.63, 3.8) is 0 Å². The molecule has 2 aromatic rings. The molecule has 20 heavy (non-hydrogen) atoms. The maximum atomic E-state index is 12.1. The molecule has 2 rings (SSSR count). The molecule has 108 valence electrons. The Kier molecular flexibility index (Phi) is 3.88. The third-order valence-electron chi connectivity index (χ3n) is 2.77. The number of sulfonamides is 1. The van der Waals surface area contributed by atoms with Gasteiger partial charge in [-0.25, -0.2) is 22.9 Å². The molecule has 0 fully saturated rings. The fourth-order valence-corrected chi connectivity index (χ4v) is 3.71. The van der Waals surface area contributed by atoms with Gasteiger partial charge in [-0.3, -0.25) is 4.68 Å². The fraction of sp³-hybridized carbons (Fsp3) is 0.300. The van der Waals surface area contributed by atoms with Gasteiger partial charge in [-0.05, 0) is 6.92 Å². The molecule has 0 atom stereocenters. The largest absolute Gasteiger partial charge is 0.476 e. The molecule has 0 aromatic carbocycles. The van der Waals surface area contributed by atoms with Crippen molar-refractivity contribution in [1.82, 2.24) is 19.5 Å². The number of carbonyl (C=O) groups is 1. The van der Waals surface area contributed by atoms with Gasteiger partial charge in [-0.1, -0.05) is 0 Å². The molecule has 0 spiro atoms. The lowest BCUT2D eigenvalue weighted by molar-refractivity contribution is 0.0687. The van der Waals surface area contributed by atoms with Gasteiger partial charge in [0.05, 0.1) is 11.7 Å². The van der Waals surface area contributed by atoms with E-state index in [1.807, 2.05) is 6.92 Å². The van der Waals surface area contributed by atoms with E-state index in [1.54, 1.807) is 17.9 Å². The van der Waals surface area contributed by atoms with Crippen LogP contribution in [0, 0.1) is 6.92 Å². The molecule has 0 unspecified atom stereocenters. The van der Waals surface area contributed by atoms with E-state index in [9.17, 15) is 13.2 Å². The first-order valence-electron chi connectivity index (χ1n) is 5.47. The summed E-state index contributed by atoms with van der Waals surface area (Å²) in [6.07, 6.45) is 1.56. The van der Waals surface area contributed by atoms with Crippen LogP contribution in [0.5, 0.6) is 0 Å². The van der Waals surface area contributed by atoms with Crippen LogP contribution in [-0.4, -0.2) is 34.3 Å². The summed E-state index contributed by atoms with van der Waals surface area (Å²) in [6, 6.07) is 0. The average Bonchev–Trinajstić information content (AvgIpc) is 2.97. The molecule has 2 aromatic heterocycles. The number of aromatic nitrogens is 3. The molecule has 0 aliphatic carbocycles. The first-order valence-corrected chi connectivity index (χ1v) is 7.83. The summed E-state index contributed by atoms with van der Waals surface area (Å²) in [5, 5.41) is 12.9. The molecule has 0 radical (unpaired) electrons. The van der Waals surface area contributed by atoms with Crippen molar-refractivity contribution in [2.75, 3.05) is 0 Å². The molecule has 0 bridgehead atoms. The summed E-state index contributed by atoms with van der Waals surface area (Å²) in [7, 11) is -2.16. The number of aryl methyl sites for hydroxylation is 1. The van der Waals surface area contributed by atoms with Crippen LogP contribution in [0.25, 0.3) is 0 Å². The quantitative estimate of drug-likeness (QED) is 0.823. The highest BCUT2D eigenvalue weighted by Gasteiger charge is 2.25. The van der Waals surface area contributed by atoms with Crippen molar-refractivity contribution >= 4 is 27.3 Å². The molecule has 10 heteroatoms. The van der Waals surface area contributed by atoms with Gasteiger partial charge in [-0.2, -0.15) is 5.10 Å². The van der Waals surface area contributed by atoms with Gasteiger partial charge in [-0.15, -0.1) is 11.3 Å². The summed E-state index contributed by atoms with van der Waals surface area (Å²) in [5.74, 6) is -1.37. The number of carboxylic acid groups (broad SMARTS) is 1. The van der Waals surface area contributed by atoms with Gasteiger partial charge in [0.25, 0.3) is 10.0 Å². The zero-order valence-corrected chi connectivity index (χ0v) is 12.3. The predicted molar refractivity (Wildman–Crippen MR) is 71.0 cm³/mol. The van der Waals surface area contributed by atoms with Crippen LogP contribution in [0.3, 0.4) is 0 Å². The van der Waals surface area contributed by atoms with E-state index < -0.39 is 21.7 Å². The van der Waals surface area contributed by atoms with Gasteiger partial charge < -0.3 is 5.11 Å². The van der Waals surface area contributed by atoms with E-state index >= 15 is 0 Å². The average molecular weight is 316 g/mol. The Labute approximate surface area is 119 Å². The minimum atomic E-state index is -3.91. The Morgan fingerprint density at radius 1 is 1.55 bits per heavy atom. The highest BCUT2D eigenvalue weighted by molar-refractivity contribution is 7.91. The van der Waals surface area contributed by atoms with Crippen LogP contribution in [0.15, 0.2) is 15.9 Å². The molecule has 0 aliphatic rings. The van der Waals surface area contributed by atoms with Gasteiger partial charge >= 0.3 is 5.97 Å². The molecular weight excluding hydrogens is 304 g/mol. The number of thiazole rings is 1. The van der Waals surface area contributed by atoms with E-state index in [2.05, 4.69) is 14.8 Å². The van der Waals surface area contributed by atoms with Crippen molar-refractivity contribution in [1.29, 1.82) is 0 Å². The van der Waals surface area contributed by atoms with Gasteiger partial charge in [0.2, 0.25) is 0 Å². The van der Waals surface area contributed by atoms with Crippen LogP contribution in [-0.2, 0) is 23.6 Å². The lowest BCUT2D eigenvalue weighted by atomic mass is 10.3. The first-order chi connectivity index (χ1) is 9.33. The summed E-state index contributed by atoms with van der Waals surface area (Å²) >= 11 is 0.766. The second kappa shape index (κ2) is 5.31. The Morgan fingerprint density at radius 2 is 2.25 bits per heavy atom. The van der Waals surface area contributed by atoms with Crippen molar-refractivity contribution in [3.8, 4) is 0 Å². The lowest BCUT2D eigenvalue weighted by Gasteiger charge is -2.05. The van der Waals surface area contributed by atoms with Crippen molar-refractivity contribution in [2.45, 2.75) is 17.7 Å². The number of nitrogens with zero attached hydrogens (tertiary/aromatic N) is 3. The first kappa shape index (κ1) is 14.6. The lowest BCUT2D eigenvalue weighted by Crippen LogP contribution is -2.24. The third kappa shape index (κ3) is 2.71. The number of nitrogens with one attached hydrogen (secondary N) is 1. The van der Waals surface area contributed by atoms with E-state index in [-0.39, 0.29) is 10.8 Å². The zero-order valence-electron chi connectivity index (χ0n) is 10.7. The smallest absolute Gasteiger partial charge is 0.356 e. The molecule has 2 heterocycles. The monoisotopic (exact) mass is 316 g/mol. The minimum Gasteiger partial charge on any atom is -0.476 e. The molecule has 0 saturated carbocycles. The number of aromatic carboxylic acids is 1. The summed E-state index contributed by atoms with van der Waals surface area (Å²) in [5.41, 5.74) is 2.27. The Bertz CT molecular complexity index is 747. The second-order valence-corrected chi connectivity index (χ2v) is 6.81. The Morgan fingerprint density at radius 3 is 2.80 bits per heavy atom. The molecule has 0 amide bonds. The highest BCUT2D eigenvalue weighted by atomic mass is 32.2. The molecule has 0 aliphatic heterocycles. The maximum absolute atomic E-state index is 12.1. The van der Waals surface area contributed by atoms with Gasteiger partial charge in [0.1, 0.15) is 0 Å². The van der Waals surface area contributed by atoms with Crippen LogP contribution in [0.4, 0.5) is 0 Å². The zero-order chi connectivity index (χ0) is 14.9. The molecule has 2 N–H and O–H groups in total. The maximum Gasteiger partial charge on any atom is 0.356 e. The van der Waals surface area contributed by atoms with E-state index in [1.165, 1.54) is 5.51 Å². The Balaban J connectivity index is 2.22. The van der Waals surface area contributed by atoms with Crippen molar-refractivity contribution in [2.24, 2.45) is 7.05 Å². The van der Waals surface area contributed by atoms with E-state index in [0.717, 1.165) is 22.6 Å². The molecule has 8 nitrogen and oxygen atoms in total. The summed E-state index contributed by atoms with van der Waals surface area (Å²) < 4.78 is 27.8. The van der Waals surface area contributed by atoms with E-state index in [4.69, 9.17) is 5.11 Å². The molecule has 0 saturated heterocycles. The normalized spacial score (nSPS) is 11.7. The molecular formula is C10H12N4O4S2.